The van der Waals surface area contributed by atoms with Crippen molar-refractivity contribution >= 4 is 7.60 Å². The van der Waals surface area contributed by atoms with Gasteiger partial charge < -0.3 is 9.42 Å². The second-order valence-corrected chi connectivity index (χ2v) is 3.08. The Kier molecular flexibility index (Phi) is 6.69. The van der Waals surface area contributed by atoms with Crippen molar-refractivity contribution in [2.45, 2.75) is 6.92 Å². The van der Waals surface area contributed by atoms with Gasteiger partial charge in [-0.2, -0.15) is 0 Å². The zero-order valence-electron chi connectivity index (χ0n) is 5.13. The molecule has 0 saturated heterocycles. The van der Waals surface area contributed by atoms with E-state index in [0.717, 1.165) is 6.66 Å². The smallest absolute Gasteiger partial charge is 0.324 e. The SMILES string of the molecule is CCOP(C)(=O)O.[Zn]. The zero-order chi connectivity index (χ0) is 5.91. The van der Waals surface area contributed by atoms with E-state index in [1.807, 2.05) is 0 Å². The molecule has 0 bridgehead atoms. The molecule has 46 valence electrons. The molecule has 0 aromatic heterocycles. The largest absolute Gasteiger partial charge is 0.325 e. The molecular weight excluding hydrogens is 180 g/mol. The van der Waals surface area contributed by atoms with Gasteiger partial charge in [-0.05, 0) is 6.92 Å². The van der Waals surface area contributed by atoms with Crippen molar-refractivity contribution in [3.8, 4) is 0 Å². The normalized spacial score (nSPS) is 16.4. The minimum atomic E-state index is -3.17. The average molecular weight is 189 g/mol. The summed E-state index contributed by atoms with van der Waals surface area (Å²) in [4.78, 5) is 8.35. The molecule has 0 aliphatic heterocycles. The summed E-state index contributed by atoms with van der Waals surface area (Å²) in [5.41, 5.74) is 0. The van der Waals surface area contributed by atoms with Crippen LogP contribution in [0.1, 0.15) is 6.92 Å². The van der Waals surface area contributed by atoms with Gasteiger partial charge in [0.2, 0.25) is 0 Å². The molecule has 0 fully saturated rings. The van der Waals surface area contributed by atoms with Crippen molar-refractivity contribution in [2.75, 3.05) is 13.3 Å². The molecule has 0 saturated carbocycles. The Morgan fingerprint density at radius 2 is 2.12 bits per heavy atom. The summed E-state index contributed by atoms with van der Waals surface area (Å²) in [6.45, 7) is 3.13. The molecule has 0 aliphatic rings. The van der Waals surface area contributed by atoms with Crippen LogP contribution < -0.4 is 0 Å². The first-order chi connectivity index (χ1) is 3.06. The van der Waals surface area contributed by atoms with E-state index in [2.05, 4.69) is 4.52 Å². The van der Waals surface area contributed by atoms with Gasteiger partial charge in [-0.15, -0.1) is 0 Å². The average Bonchev–Trinajstić information content (AvgIpc) is 1.30. The summed E-state index contributed by atoms with van der Waals surface area (Å²) in [7, 11) is -3.17. The zero-order valence-corrected chi connectivity index (χ0v) is 8.99. The van der Waals surface area contributed by atoms with E-state index in [4.69, 9.17) is 4.89 Å². The number of hydrogen-bond donors (Lipinski definition) is 1. The van der Waals surface area contributed by atoms with E-state index >= 15 is 0 Å². The third-order valence-electron chi connectivity index (χ3n) is 0.369. The number of rotatable bonds is 2. The van der Waals surface area contributed by atoms with Crippen LogP contribution in [0.4, 0.5) is 0 Å². The molecule has 0 aromatic carbocycles. The predicted molar refractivity (Wildman–Crippen MR) is 27.4 cm³/mol. The molecule has 3 nitrogen and oxygen atoms in total. The van der Waals surface area contributed by atoms with Gasteiger partial charge in [-0.25, -0.2) is 0 Å². The molecule has 1 atom stereocenters. The van der Waals surface area contributed by atoms with Gasteiger partial charge in [-0.1, -0.05) is 0 Å². The van der Waals surface area contributed by atoms with Gasteiger partial charge in [0.05, 0.1) is 6.61 Å². The van der Waals surface area contributed by atoms with E-state index in [0.29, 0.717) is 6.61 Å². The van der Waals surface area contributed by atoms with Gasteiger partial charge >= 0.3 is 7.60 Å². The molecule has 5 heteroatoms. The minimum absolute atomic E-state index is 0. The van der Waals surface area contributed by atoms with Gasteiger partial charge in [0.25, 0.3) is 0 Å². The fourth-order valence-corrected chi connectivity index (χ4v) is 0.719. The molecule has 0 heterocycles. The van der Waals surface area contributed by atoms with Crippen molar-refractivity contribution in [2.24, 2.45) is 0 Å². The second kappa shape index (κ2) is 4.63. The van der Waals surface area contributed by atoms with Crippen molar-refractivity contribution in [3.63, 3.8) is 0 Å². The van der Waals surface area contributed by atoms with Crippen LogP contribution >= 0.6 is 7.60 Å². The summed E-state index contributed by atoms with van der Waals surface area (Å²) < 4.78 is 14.5. The molecule has 0 aliphatic carbocycles. The second-order valence-electron chi connectivity index (χ2n) is 1.22. The maximum absolute atomic E-state index is 10.1. The van der Waals surface area contributed by atoms with E-state index in [9.17, 15) is 4.57 Å². The maximum atomic E-state index is 10.1. The summed E-state index contributed by atoms with van der Waals surface area (Å²) in [6, 6.07) is 0. The Bertz CT molecular complexity index is 88.5. The molecule has 0 radical (unpaired) electrons. The van der Waals surface area contributed by atoms with Crippen LogP contribution in [0.3, 0.4) is 0 Å². The molecule has 1 N–H and O–H groups in total. The topological polar surface area (TPSA) is 46.5 Å². The van der Waals surface area contributed by atoms with Crippen LogP contribution in [0.15, 0.2) is 0 Å². The molecule has 0 amide bonds. The Morgan fingerprint density at radius 3 is 2.12 bits per heavy atom. The van der Waals surface area contributed by atoms with Gasteiger partial charge in [0.1, 0.15) is 0 Å². The van der Waals surface area contributed by atoms with Crippen LogP contribution in [-0.2, 0) is 28.6 Å². The third kappa shape index (κ3) is 9.91. The number of hydrogen-bond acceptors (Lipinski definition) is 2. The monoisotopic (exact) mass is 188 g/mol. The van der Waals surface area contributed by atoms with Crippen molar-refractivity contribution in [3.05, 3.63) is 0 Å². The van der Waals surface area contributed by atoms with Gasteiger partial charge in [0, 0.05) is 26.1 Å². The van der Waals surface area contributed by atoms with Gasteiger partial charge in [0.15, 0.2) is 0 Å². The molecule has 0 rings (SSSR count). The molecule has 8 heavy (non-hydrogen) atoms. The van der Waals surface area contributed by atoms with Crippen LogP contribution in [0.25, 0.3) is 0 Å². The van der Waals surface area contributed by atoms with E-state index < -0.39 is 7.60 Å². The van der Waals surface area contributed by atoms with E-state index in [1.165, 1.54) is 0 Å². The molecular formula is C3H9O3PZn. The first-order valence-corrected chi connectivity index (χ1v) is 4.03. The summed E-state index contributed by atoms with van der Waals surface area (Å²) in [5.74, 6) is 0. The van der Waals surface area contributed by atoms with Crippen LogP contribution in [0.5, 0.6) is 0 Å². The predicted octanol–water partition coefficient (Wildman–Crippen LogP) is 0.836. The van der Waals surface area contributed by atoms with E-state index in [1.54, 1.807) is 6.92 Å². The molecule has 0 aromatic rings. The van der Waals surface area contributed by atoms with Crippen molar-refractivity contribution in [1.82, 2.24) is 0 Å². The molecule has 0 spiro atoms. The Balaban J connectivity index is 0. The van der Waals surface area contributed by atoms with Crippen LogP contribution in [0, 0.1) is 0 Å². The fraction of sp³-hybridized carbons (Fsp3) is 1.00. The molecule has 1 unspecified atom stereocenters. The summed E-state index contributed by atoms with van der Waals surface area (Å²) >= 11 is 0. The Hall–Kier alpha value is 0.773. The fourth-order valence-electron chi connectivity index (χ4n) is 0.240. The quantitative estimate of drug-likeness (QED) is 0.517. The summed E-state index contributed by atoms with van der Waals surface area (Å²) in [6.07, 6.45) is 0. The first-order valence-electron chi connectivity index (χ1n) is 2.01. The minimum Gasteiger partial charge on any atom is -0.324 e. The Labute approximate surface area is 61.7 Å². The van der Waals surface area contributed by atoms with Crippen molar-refractivity contribution < 1.29 is 33.5 Å². The third-order valence-corrected chi connectivity index (χ3v) is 1.11. The van der Waals surface area contributed by atoms with Crippen molar-refractivity contribution in [1.29, 1.82) is 0 Å². The summed E-state index contributed by atoms with van der Waals surface area (Å²) in [5, 5.41) is 0. The van der Waals surface area contributed by atoms with Gasteiger partial charge in [-0.3, -0.25) is 4.57 Å². The van der Waals surface area contributed by atoms with Crippen LogP contribution in [0.2, 0.25) is 0 Å². The standard InChI is InChI=1S/C3H9O3P.Zn/c1-3-6-7(2,4)5;/h3H2,1-2H3,(H,4,5);. The Morgan fingerprint density at radius 1 is 1.75 bits per heavy atom. The first kappa shape index (κ1) is 11.6. The van der Waals surface area contributed by atoms with E-state index in [-0.39, 0.29) is 19.5 Å². The van der Waals surface area contributed by atoms with Crippen LogP contribution in [-0.4, -0.2) is 18.2 Å². The maximum Gasteiger partial charge on any atom is 0.325 e.